The summed E-state index contributed by atoms with van der Waals surface area (Å²) in [6, 6.07) is 11.5. The first-order valence-electron chi connectivity index (χ1n) is 8.13. The minimum atomic E-state index is -0.296. The van der Waals surface area contributed by atoms with Gasteiger partial charge in [0.15, 0.2) is 11.5 Å². The van der Waals surface area contributed by atoms with Crippen molar-refractivity contribution in [2.45, 2.75) is 19.9 Å². The van der Waals surface area contributed by atoms with Gasteiger partial charge in [0.1, 0.15) is 5.82 Å². The van der Waals surface area contributed by atoms with Crippen molar-refractivity contribution in [1.82, 2.24) is 5.32 Å². The van der Waals surface area contributed by atoms with Gasteiger partial charge in [-0.05, 0) is 47.9 Å². The first-order valence-corrected chi connectivity index (χ1v) is 8.13. The first kappa shape index (κ1) is 18.5. The van der Waals surface area contributed by atoms with Gasteiger partial charge in [-0.15, -0.1) is 0 Å². The Labute approximate surface area is 147 Å². The van der Waals surface area contributed by atoms with Crippen LogP contribution in [-0.4, -0.2) is 19.6 Å². The number of carbonyl (C=O) groups is 1. The Kier molecular flexibility index (Phi) is 7.01. The molecule has 0 heterocycles. The number of rotatable bonds is 8. The molecule has 1 amide bonds. The second kappa shape index (κ2) is 9.47. The summed E-state index contributed by atoms with van der Waals surface area (Å²) in [4.78, 5) is 11.9. The molecule has 0 saturated carbocycles. The molecule has 0 fully saturated rings. The number of benzene rings is 2. The van der Waals surface area contributed by atoms with Crippen LogP contribution in [-0.2, 0) is 11.3 Å². The zero-order valence-corrected chi connectivity index (χ0v) is 14.4. The maximum Gasteiger partial charge on any atom is 0.244 e. The van der Waals surface area contributed by atoms with Crippen molar-refractivity contribution in [3.8, 4) is 11.5 Å². The van der Waals surface area contributed by atoms with Crippen molar-refractivity contribution in [3.63, 3.8) is 0 Å². The quantitative estimate of drug-likeness (QED) is 0.738. The van der Waals surface area contributed by atoms with Gasteiger partial charge in [0.25, 0.3) is 0 Å². The average Bonchev–Trinajstić information content (AvgIpc) is 2.64. The van der Waals surface area contributed by atoms with E-state index in [9.17, 15) is 9.18 Å². The molecule has 132 valence electrons. The Morgan fingerprint density at radius 3 is 2.60 bits per heavy atom. The van der Waals surface area contributed by atoms with Gasteiger partial charge < -0.3 is 14.8 Å². The Balaban J connectivity index is 1.93. The zero-order chi connectivity index (χ0) is 18.1. The highest BCUT2D eigenvalue weighted by atomic mass is 19.1. The molecule has 2 aromatic rings. The predicted molar refractivity (Wildman–Crippen MR) is 96.1 cm³/mol. The average molecular weight is 343 g/mol. The van der Waals surface area contributed by atoms with E-state index < -0.39 is 0 Å². The maximum atomic E-state index is 12.8. The van der Waals surface area contributed by atoms with Crippen LogP contribution in [0.5, 0.6) is 11.5 Å². The highest BCUT2D eigenvalue weighted by molar-refractivity contribution is 5.91. The van der Waals surface area contributed by atoms with Crippen LogP contribution in [0.4, 0.5) is 4.39 Å². The van der Waals surface area contributed by atoms with E-state index in [-0.39, 0.29) is 11.7 Å². The van der Waals surface area contributed by atoms with Crippen LogP contribution in [0.15, 0.2) is 48.5 Å². The van der Waals surface area contributed by atoms with Gasteiger partial charge in [0, 0.05) is 12.6 Å². The van der Waals surface area contributed by atoms with Gasteiger partial charge in [0.05, 0.1) is 13.7 Å². The molecule has 25 heavy (non-hydrogen) atoms. The van der Waals surface area contributed by atoms with Crippen molar-refractivity contribution in [1.29, 1.82) is 0 Å². The van der Waals surface area contributed by atoms with Crippen molar-refractivity contribution in [2.24, 2.45) is 0 Å². The highest BCUT2D eigenvalue weighted by Gasteiger charge is 2.04. The molecular weight excluding hydrogens is 321 g/mol. The Bertz CT molecular complexity index is 726. The molecule has 0 radical (unpaired) electrons. The first-order chi connectivity index (χ1) is 12.1. The summed E-state index contributed by atoms with van der Waals surface area (Å²) in [6.45, 7) is 3.00. The minimum absolute atomic E-state index is 0.227. The van der Waals surface area contributed by atoms with Crippen LogP contribution in [0.25, 0.3) is 6.08 Å². The van der Waals surface area contributed by atoms with E-state index in [2.05, 4.69) is 5.32 Å². The molecular formula is C20H22FNO3. The summed E-state index contributed by atoms with van der Waals surface area (Å²) in [6.07, 6.45) is 4.07. The molecule has 0 unspecified atom stereocenters. The zero-order valence-electron chi connectivity index (χ0n) is 14.4. The molecule has 1 N–H and O–H groups in total. The molecule has 0 aromatic heterocycles. The van der Waals surface area contributed by atoms with Gasteiger partial charge in [-0.2, -0.15) is 0 Å². The number of halogens is 1. The maximum absolute atomic E-state index is 12.8. The third-order valence-corrected chi connectivity index (χ3v) is 3.46. The molecule has 5 heteroatoms. The van der Waals surface area contributed by atoms with Crippen molar-refractivity contribution in [2.75, 3.05) is 13.7 Å². The van der Waals surface area contributed by atoms with Crippen LogP contribution in [0, 0.1) is 5.82 Å². The molecule has 0 spiro atoms. The van der Waals surface area contributed by atoms with Crippen molar-refractivity contribution >= 4 is 12.0 Å². The number of ether oxygens (including phenoxy) is 2. The smallest absolute Gasteiger partial charge is 0.244 e. The van der Waals surface area contributed by atoms with Crippen LogP contribution in [0.3, 0.4) is 0 Å². The van der Waals surface area contributed by atoms with Crippen LogP contribution < -0.4 is 14.8 Å². The number of hydrogen-bond acceptors (Lipinski definition) is 3. The summed E-state index contributed by atoms with van der Waals surface area (Å²) >= 11 is 0. The van der Waals surface area contributed by atoms with Gasteiger partial charge >= 0.3 is 0 Å². The molecule has 0 atom stereocenters. The fourth-order valence-electron chi connectivity index (χ4n) is 2.14. The van der Waals surface area contributed by atoms with Gasteiger partial charge in [-0.25, -0.2) is 4.39 Å². The minimum Gasteiger partial charge on any atom is -0.493 e. The summed E-state index contributed by atoms with van der Waals surface area (Å²) in [7, 11) is 1.58. The predicted octanol–water partition coefficient (Wildman–Crippen LogP) is 3.95. The van der Waals surface area contributed by atoms with E-state index in [1.54, 1.807) is 25.3 Å². The Morgan fingerprint density at radius 1 is 1.16 bits per heavy atom. The van der Waals surface area contributed by atoms with E-state index in [0.29, 0.717) is 24.7 Å². The topological polar surface area (TPSA) is 47.6 Å². The summed E-state index contributed by atoms with van der Waals surface area (Å²) in [5.41, 5.74) is 1.67. The van der Waals surface area contributed by atoms with E-state index in [1.165, 1.54) is 18.2 Å². The van der Waals surface area contributed by atoms with E-state index in [4.69, 9.17) is 9.47 Å². The molecule has 0 aliphatic heterocycles. The second-order valence-electron chi connectivity index (χ2n) is 5.44. The SMILES string of the molecule is CCCOc1ccc(/C=C/C(=O)NCc2ccc(F)cc2)cc1OC. The van der Waals surface area contributed by atoms with Crippen LogP contribution >= 0.6 is 0 Å². The summed E-state index contributed by atoms with van der Waals surface area (Å²) in [5.74, 6) is 0.787. The van der Waals surface area contributed by atoms with E-state index in [1.807, 2.05) is 25.1 Å². The fraction of sp³-hybridized carbons (Fsp3) is 0.250. The Morgan fingerprint density at radius 2 is 1.92 bits per heavy atom. The lowest BCUT2D eigenvalue weighted by Gasteiger charge is -2.10. The monoisotopic (exact) mass is 343 g/mol. The Hall–Kier alpha value is -2.82. The second-order valence-corrected chi connectivity index (χ2v) is 5.44. The molecule has 4 nitrogen and oxygen atoms in total. The van der Waals surface area contributed by atoms with Crippen LogP contribution in [0.2, 0.25) is 0 Å². The van der Waals surface area contributed by atoms with Crippen LogP contribution in [0.1, 0.15) is 24.5 Å². The third-order valence-electron chi connectivity index (χ3n) is 3.46. The molecule has 0 saturated heterocycles. The molecule has 0 aliphatic carbocycles. The molecule has 2 aromatic carbocycles. The molecule has 0 bridgehead atoms. The van der Waals surface area contributed by atoms with Gasteiger partial charge in [-0.1, -0.05) is 25.1 Å². The highest BCUT2D eigenvalue weighted by Crippen LogP contribution is 2.28. The van der Waals surface area contributed by atoms with Gasteiger partial charge in [0.2, 0.25) is 5.91 Å². The summed E-state index contributed by atoms with van der Waals surface area (Å²) in [5, 5.41) is 2.75. The number of nitrogens with one attached hydrogen (secondary N) is 1. The number of methoxy groups -OCH3 is 1. The lowest BCUT2D eigenvalue weighted by Crippen LogP contribution is -2.20. The molecule has 2 rings (SSSR count). The van der Waals surface area contributed by atoms with Crippen molar-refractivity contribution < 1.29 is 18.7 Å². The third kappa shape index (κ3) is 5.95. The molecule has 0 aliphatic rings. The lowest BCUT2D eigenvalue weighted by atomic mass is 10.2. The van der Waals surface area contributed by atoms with E-state index in [0.717, 1.165) is 17.5 Å². The number of carbonyl (C=O) groups excluding carboxylic acids is 1. The van der Waals surface area contributed by atoms with Crippen molar-refractivity contribution in [3.05, 3.63) is 65.5 Å². The normalized spacial score (nSPS) is 10.7. The largest absolute Gasteiger partial charge is 0.493 e. The van der Waals surface area contributed by atoms with Gasteiger partial charge in [-0.3, -0.25) is 4.79 Å². The number of amides is 1. The standard InChI is InChI=1S/C20H22FNO3/c1-3-12-25-18-10-6-15(13-19(18)24-2)7-11-20(23)22-14-16-4-8-17(21)9-5-16/h4-11,13H,3,12,14H2,1-2H3,(H,22,23)/b11-7+. The van der Waals surface area contributed by atoms with E-state index >= 15 is 0 Å². The number of hydrogen-bond donors (Lipinski definition) is 1. The fourth-order valence-corrected chi connectivity index (χ4v) is 2.14. The summed E-state index contributed by atoms with van der Waals surface area (Å²) < 4.78 is 23.7. The lowest BCUT2D eigenvalue weighted by molar-refractivity contribution is -0.116.